The first-order valence-corrected chi connectivity index (χ1v) is 8.40. The lowest BCUT2D eigenvalue weighted by atomic mass is 9.92. The third-order valence-corrected chi connectivity index (χ3v) is 4.63. The minimum absolute atomic E-state index is 0.0643. The smallest absolute Gasteiger partial charge is 0.251 e. The predicted molar refractivity (Wildman–Crippen MR) is 86.3 cm³/mol. The van der Waals surface area contributed by atoms with Crippen molar-refractivity contribution in [2.75, 3.05) is 18.5 Å². The van der Waals surface area contributed by atoms with Gasteiger partial charge in [-0.15, -0.1) is 0 Å². The number of benzene rings is 1. The van der Waals surface area contributed by atoms with E-state index in [1.165, 1.54) is 0 Å². The number of carbonyl (C=O) groups excluding carboxylic acids is 1. The Hall–Kier alpha value is -1.07. The van der Waals surface area contributed by atoms with E-state index >= 15 is 0 Å². The van der Waals surface area contributed by atoms with Gasteiger partial charge in [-0.1, -0.05) is 22.0 Å². The Balaban J connectivity index is 2.08. The van der Waals surface area contributed by atoms with E-state index < -0.39 is 0 Å². The van der Waals surface area contributed by atoms with Crippen LogP contribution in [0.1, 0.15) is 37.0 Å². The van der Waals surface area contributed by atoms with Gasteiger partial charge in [-0.2, -0.15) is 0 Å². The second-order valence-electron chi connectivity index (χ2n) is 5.67. The molecule has 1 saturated heterocycles. The number of hydrogen-bond donors (Lipinski definition) is 1. The molecule has 116 valence electrons. The molecule has 1 heterocycles. The molecule has 0 bridgehead atoms. The number of halogens is 1. The summed E-state index contributed by atoms with van der Waals surface area (Å²) in [5.41, 5.74) is 0.407. The maximum Gasteiger partial charge on any atom is 0.251 e. The molecule has 2 rings (SSSR count). The van der Waals surface area contributed by atoms with Crippen LogP contribution in [0.4, 0.5) is 0 Å². The SMILES string of the molecule is CC(C)Oc1cccc(C(=O)NC2(CBr)CCOCC2)c1. The molecule has 0 radical (unpaired) electrons. The summed E-state index contributed by atoms with van der Waals surface area (Å²) in [5.74, 6) is 0.656. The average molecular weight is 356 g/mol. The van der Waals surface area contributed by atoms with Gasteiger partial charge in [0, 0.05) is 24.1 Å². The molecule has 0 spiro atoms. The van der Waals surface area contributed by atoms with Crippen LogP contribution in [0.2, 0.25) is 0 Å². The molecule has 21 heavy (non-hydrogen) atoms. The van der Waals surface area contributed by atoms with Crippen molar-refractivity contribution in [3.8, 4) is 5.75 Å². The fourth-order valence-electron chi connectivity index (χ4n) is 2.35. The molecule has 1 aliphatic rings. The molecule has 5 heteroatoms. The van der Waals surface area contributed by atoms with Gasteiger partial charge in [0.05, 0.1) is 11.6 Å². The third-order valence-electron chi connectivity index (χ3n) is 3.55. The average Bonchev–Trinajstić information content (AvgIpc) is 2.48. The van der Waals surface area contributed by atoms with Gasteiger partial charge in [0.1, 0.15) is 5.75 Å². The fraction of sp³-hybridized carbons (Fsp3) is 0.562. The fourth-order valence-corrected chi connectivity index (χ4v) is 3.05. The molecule has 0 atom stereocenters. The van der Waals surface area contributed by atoms with E-state index in [1.807, 2.05) is 32.0 Å². The molecule has 1 fully saturated rings. The van der Waals surface area contributed by atoms with Crippen LogP contribution in [0.25, 0.3) is 0 Å². The number of carbonyl (C=O) groups is 1. The Morgan fingerprint density at radius 3 is 2.76 bits per heavy atom. The van der Waals surface area contributed by atoms with E-state index in [0.717, 1.165) is 23.9 Å². The molecular weight excluding hydrogens is 334 g/mol. The van der Waals surface area contributed by atoms with Gasteiger partial charge in [-0.05, 0) is 44.9 Å². The van der Waals surface area contributed by atoms with Crippen LogP contribution in [-0.2, 0) is 4.74 Å². The Bertz CT molecular complexity index is 484. The Labute approximate surface area is 134 Å². The highest BCUT2D eigenvalue weighted by Gasteiger charge is 2.33. The highest BCUT2D eigenvalue weighted by Crippen LogP contribution is 2.24. The van der Waals surface area contributed by atoms with Crippen LogP contribution < -0.4 is 10.1 Å². The largest absolute Gasteiger partial charge is 0.491 e. The maximum absolute atomic E-state index is 12.5. The Morgan fingerprint density at radius 1 is 1.43 bits per heavy atom. The first-order chi connectivity index (χ1) is 10.0. The van der Waals surface area contributed by atoms with Crippen LogP contribution in [-0.4, -0.2) is 36.1 Å². The molecule has 1 N–H and O–H groups in total. The summed E-state index contributed by atoms with van der Waals surface area (Å²) in [6, 6.07) is 7.31. The van der Waals surface area contributed by atoms with Crippen LogP contribution in [0, 0.1) is 0 Å². The van der Waals surface area contributed by atoms with E-state index in [1.54, 1.807) is 6.07 Å². The van der Waals surface area contributed by atoms with Crippen LogP contribution >= 0.6 is 15.9 Å². The van der Waals surface area contributed by atoms with Crippen molar-refractivity contribution in [3.63, 3.8) is 0 Å². The minimum atomic E-state index is -0.218. The lowest BCUT2D eigenvalue weighted by Gasteiger charge is -2.36. The molecule has 4 nitrogen and oxygen atoms in total. The summed E-state index contributed by atoms with van der Waals surface area (Å²) in [5, 5.41) is 3.89. The van der Waals surface area contributed by atoms with Crippen molar-refractivity contribution in [1.29, 1.82) is 0 Å². The molecular formula is C16H22BrNO3. The van der Waals surface area contributed by atoms with Crippen molar-refractivity contribution in [3.05, 3.63) is 29.8 Å². The minimum Gasteiger partial charge on any atom is -0.491 e. The lowest BCUT2D eigenvalue weighted by Crippen LogP contribution is -2.53. The summed E-state index contributed by atoms with van der Waals surface area (Å²) in [6.45, 7) is 5.30. The molecule has 1 aromatic carbocycles. The van der Waals surface area contributed by atoms with Crippen molar-refractivity contribution in [2.24, 2.45) is 0 Å². The van der Waals surface area contributed by atoms with Crippen molar-refractivity contribution < 1.29 is 14.3 Å². The predicted octanol–water partition coefficient (Wildman–Crippen LogP) is 3.15. The third kappa shape index (κ3) is 4.45. The normalized spacial score (nSPS) is 17.5. The standard InChI is InChI=1S/C16H22BrNO3/c1-12(2)21-14-5-3-4-13(10-14)15(19)18-16(11-17)6-8-20-9-7-16/h3-5,10,12H,6-9,11H2,1-2H3,(H,18,19). The van der Waals surface area contributed by atoms with Crippen LogP contribution in [0.3, 0.4) is 0 Å². The Morgan fingerprint density at radius 2 is 2.14 bits per heavy atom. The van der Waals surface area contributed by atoms with E-state index in [0.29, 0.717) is 18.8 Å². The number of ether oxygens (including phenoxy) is 2. The molecule has 1 aromatic rings. The number of nitrogens with one attached hydrogen (secondary N) is 1. The quantitative estimate of drug-likeness (QED) is 0.825. The first kappa shape index (κ1) is 16.3. The van der Waals surface area contributed by atoms with Crippen molar-refractivity contribution in [2.45, 2.75) is 38.3 Å². The molecule has 0 aromatic heterocycles. The van der Waals surface area contributed by atoms with Gasteiger partial charge >= 0.3 is 0 Å². The Kier molecular flexibility index (Phi) is 5.65. The first-order valence-electron chi connectivity index (χ1n) is 7.28. The molecule has 1 amide bonds. The van der Waals surface area contributed by atoms with Crippen molar-refractivity contribution in [1.82, 2.24) is 5.32 Å². The summed E-state index contributed by atoms with van der Waals surface area (Å²) < 4.78 is 11.0. The zero-order valence-electron chi connectivity index (χ0n) is 12.5. The number of amides is 1. The topological polar surface area (TPSA) is 47.6 Å². The monoisotopic (exact) mass is 355 g/mol. The van der Waals surface area contributed by atoms with Crippen LogP contribution in [0.15, 0.2) is 24.3 Å². The lowest BCUT2D eigenvalue weighted by molar-refractivity contribution is 0.0441. The van der Waals surface area contributed by atoms with Gasteiger partial charge in [-0.25, -0.2) is 0 Å². The van der Waals surface area contributed by atoms with Gasteiger partial charge < -0.3 is 14.8 Å². The summed E-state index contributed by atoms with van der Waals surface area (Å²) in [7, 11) is 0. The van der Waals surface area contributed by atoms with Crippen LogP contribution in [0.5, 0.6) is 5.75 Å². The molecule has 0 unspecified atom stereocenters. The number of rotatable bonds is 5. The summed E-state index contributed by atoms with van der Waals surface area (Å²) in [6.07, 6.45) is 1.74. The van der Waals surface area contributed by atoms with Gasteiger partial charge in [0.15, 0.2) is 0 Å². The number of alkyl halides is 1. The highest BCUT2D eigenvalue weighted by atomic mass is 79.9. The van der Waals surface area contributed by atoms with Gasteiger partial charge in [0.2, 0.25) is 0 Å². The molecule has 0 saturated carbocycles. The zero-order chi connectivity index (χ0) is 15.3. The van der Waals surface area contributed by atoms with Crippen molar-refractivity contribution >= 4 is 21.8 Å². The number of hydrogen-bond acceptors (Lipinski definition) is 3. The van der Waals surface area contributed by atoms with E-state index in [2.05, 4.69) is 21.2 Å². The summed E-state index contributed by atoms with van der Waals surface area (Å²) >= 11 is 3.52. The molecule has 0 aliphatic carbocycles. The second-order valence-corrected chi connectivity index (χ2v) is 6.24. The zero-order valence-corrected chi connectivity index (χ0v) is 14.1. The van der Waals surface area contributed by atoms with E-state index in [4.69, 9.17) is 9.47 Å². The maximum atomic E-state index is 12.5. The van der Waals surface area contributed by atoms with E-state index in [-0.39, 0.29) is 17.6 Å². The van der Waals surface area contributed by atoms with Gasteiger partial charge in [0.25, 0.3) is 5.91 Å². The highest BCUT2D eigenvalue weighted by molar-refractivity contribution is 9.09. The van der Waals surface area contributed by atoms with Gasteiger partial charge in [-0.3, -0.25) is 4.79 Å². The summed E-state index contributed by atoms with van der Waals surface area (Å²) in [4.78, 5) is 12.5. The van der Waals surface area contributed by atoms with E-state index in [9.17, 15) is 4.79 Å². The molecule has 1 aliphatic heterocycles. The second kappa shape index (κ2) is 7.27.